The number of amidine groups is 1. The van der Waals surface area contributed by atoms with Gasteiger partial charge >= 0.3 is 0 Å². The summed E-state index contributed by atoms with van der Waals surface area (Å²) < 4.78 is 4.79. The average Bonchev–Trinajstić information content (AvgIpc) is 2.58. The lowest BCUT2D eigenvalue weighted by Gasteiger charge is -1.99. The lowest BCUT2D eigenvalue weighted by Crippen LogP contribution is -2.30. The molecule has 78 valence electrons. The fourth-order valence-corrected chi connectivity index (χ4v) is 0.895. The van der Waals surface area contributed by atoms with E-state index in [2.05, 4.69) is 20.6 Å². The fourth-order valence-electron chi connectivity index (χ4n) is 0.895. The summed E-state index contributed by atoms with van der Waals surface area (Å²) >= 11 is 0. The van der Waals surface area contributed by atoms with E-state index in [1.807, 2.05) is 0 Å². The first-order valence-corrected chi connectivity index (χ1v) is 4.18. The van der Waals surface area contributed by atoms with Crippen LogP contribution in [0.4, 0.5) is 0 Å². The minimum atomic E-state index is 0.147. The third kappa shape index (κ3) is 3.40. The molecular formula is C7H13N5O2. The monoisotopic (exact) mass is 199 g/mol. The van der Waals surface area contributed by atoms with Gasteiger partial charge < -0.3 is 20.8 Å². The van der Waals surface area contributed by atoms with Crippen LogP contribution in [0.15, 0.2) is 9.68 Å². The Morgan fingerprint density at radius 2 is 2.50 bits per heavy atom. The Morgan fingerprint density at radius 1 is 1.71 bits per heavy atom. The van der Waals surface area contributed by atoms with E-state index >= 15 is 0 Å². The minimum absolute atomic E-state index is 0.147. The first kappa shape index (κ1) is 10.5. The highest BCUT2D eigenvalue weighted by Gasteiger charge is 2.01. The molecule has 7 heteroatoms. The summed E-state index contributed by atoms with van der Waals surface area (Å²) in [5.41, 5.74) is 5.24. The van der Waals surface area contributed by atoms with Gasteiger partial charge in [-0.1, -0.05) is 10.3 Å². The van der Waals surface area contributed by atoms with E-state index in [-0.39, 0.29) is 5.84 Å². The molecule has 1 aromatic heterocycles. The van der Waals surface area contributed by atoms with Gasteiger partial charge in [0, 0.05) is 19.9 Å². The number of aromatic nitrogens is 2. The molecule has 0 aliphatic carbocycles. The molecule has 0 radical (unpaired) electrons. The summed E-state index contributed by atoms with van der Waals surface area (Å²) in [5.74, 6) is 1.35. The Balaban J connectivity index is 2.16. The van der Waals surface area contributed by atoms with Crippen molar-refractivity contribution in [1.29, 1.82) is 0 Å². The van der Waals surface area contributed by atoms with Gasteiger partial charge in [-0.25, -0.2) is 0 Å². The molecule has 0 aliphatic heterocycles. The molecule has 0 amide bonds. The zero-order valence-electron chi connectivity index (χ0n) is 7.90. The molecule has 0 spiro atoms. The lowest BCUT2D eigenvalue weighted by atomic mass is 10.4. The lowest BCUT2D eigenvalue weighted by molar-refractivity contribution is 0.317. The van der Waals surface area contributed by atoms with Crippen molar-refractivity contribution in [2.45, 2.75) is 13.3 Å². The number of rotatable bonds is 5. The molecule has 0 aromatic carbocycles. The van der Waals surface area contributed by atoms with E-state index in [1.54, 1.807) is 6.92 Å². The normalized spacial score (nSPS) is 11.9. The van der Waals surface area contributed by atoms with Crippen LogP contribution in [0.3, 0.4) is 0 Å². The van der Waals surface area contributed by atoms with Crippen LogP contribution in [0.25, 0.3) is 0 Å². The van der Waals surface area contributed by atoms with Crippen molar-refractivity contribution < 1.29 is 9.73 Å². The van der Waals surface area contributed by atoms with Crippen LogP contribution in [-0.2, 0) is 6.42 Å². The van der Waals surface area contributed by atoms with E-state index in [0.29, 0.717) is 31.2 Å². The standard InChI is InChI=1S/C7H13N5O2/c1-5-10-7(12-14-5)2-3-9-4-6(8)11-13/h9,13H,2-4H2,1H3,(H2,8,11). The largest absolute Gasteiger partial charge is 0.409 e. The molecule has 7 nitrogen and oxygen atoms in total. The number of nitrogens with two attached hydrogens (primary N) is 1. The van der Waals surface area contributed by atoms with Gasteiger partial charge in [-0.05, 0) is 0 Å². The predicted molar refractivity (Wildman–Crippen MR) is 49.0 cm³/mol. The molecule has 1 rings (SSSR count). The molecule has 14 heavy (non-hydrogen) atoms. The molecule has 4 N–H and O–H groups in total. The van der Waals surface area contributed by atoms with Gasteiger partial charge in [0.05, 0.1) is 6.54 Å². The zero-order chi connectivity index (χ0) is 10.4. The van der Waals surface area contributed by atoms with Crippen molar-refractivity contribution in [3.8, 4) is 0 Å². The molecule has 0 unspecified atom stereocenters. The Labute approximate surface area is 81.0 Å². The molecule has 0 saturated heterocycles. The molecule has 1 heterocycles. The van der Waals surface area contributed by atoms with Crippen LogP contribution in [0.5, 0.6) is 0 Å². The number of oxime groups is 1. The molecular weight excluding hydrogens is 186 g/mol. The Morgan fingerprint density at radius 3 is 3.07 bits per heavy atom. The van der Waals surface area contributed by atoms with E-state index in [1.165, 1.54) is 0 Å². The van der Waals surface area contributed by atoms with Crippen molar-refractivity contribution >= 4 is 5.84 Å². The summed E-state index contributed by atoms with van der Waals surface area (Å²) in [6.45, 7) is 2.73. The molecule has 0 bridgehead atoms. The maximum atomic E-state index is 8.24. The second-order valence-electron chi connectivity index (χ2n) is 2.75. The van der Waals surface area contributed by atoms with Crippen LogP contribution in [0.2, 0.25) is 0 Å². The quantitative estimate of drug-likeness (QED) is 0.189. The molecule has 1 aromatic rings. The van der Waals surface area contributed by atoms with Crippen molar-refractivity contribution in [1.82, 2.24) is 15.5 Å². The fraction of sp³-hybridized carbons (Fsp3) is 0.571. The number of nitrogens with zero attached hydrogens (tertiary/aromatic N) is 3. The molecule has 0 atom stereocenters. The minimum Gasteiger partial charge on any atom is -0.409 e. The maximum absolute atomic E-state index is 8.24. The van der Waals surface area contributed by atoms with E-state index in [4.69, 9.17) is 15.5 Å². The highest BCUT2D eigenvalue weighted by atomic mass is 16.5. The van der Waals surface area contributed by atoms with Gasteiger partial charge in [-0.3, -0.25) is 0 Å². The smallest absolute Gasteiger partial charge is 0.223 e. The SMILES string of the molecule is Cc1nc(CCNCC(N)=NO)no1. The number of hydrogen-bond donors (Lipinski definition) is 3. The third-order valence-corrected chi connectivity index (χ3v) is 1.53. The van der Waals surface area contributed by atoms with Gasteiger partial charge in [0.2, 0.25) is 5.89 Å². The summed E-state index contributed by atoms with van der Waals surface area (Å²) in [6.07, 6.45) is 0.649. The summed E-state index contributed by atoms with van der Waals surface area (Å²) in [7, 11) is 0. The van der Waals surface area contributed by atoms with Crippen molar-refractivity contribution in [2.75, 3.05) is 13.1 Å². The predicted octanol–water partition coefficient (Wildman–Crippen LogP) is -0.743. The first-order chi connectivity index (χ1) is 6.72. The van der Waals surface area contributed by atoms with Crippen LogP contribution in [-0.4, -0.2) is 34.3 Å². The molecule has 0 fully saturated rings. The van der Waals surface area contributed by atoms with E-state index in [0.717, 1.165) is 0 Å². The first-order valence-electron chi connectivity index (χ1n) is 4.18. The van der Waals surface area contributed by atoms with Gasteiger partial charge in [-0.2, -0.15) is 4.98 Å². The third-order valence-electron chi connectivity index (χ3n) is 1.53. The molecule has 0 aliphatic rings. The Bertz CT molecular complexity index is 309. The zero-order valence-corrected chi connectivity index (χ0v) is 7.90. The topological polar surface area (TPSA) is 110 Å². The van der Waals surface area contributed by atoms with Gasteiger partial charge in [-0.15, -0.1) is 0 Å². The number of nitrogens with one attached hydrogen (secondary N) is 1. The average molecular weight is 199 g/mol. The van der Waals surface area contributed by atoms with Gasteiger partial charge in [0.25, 0.3) is 0 Å². The molecule has 0 saturated carbocycles. The van der Waals surface area contributed by atoms with Gasteiger partial charge in [0.15, 0.2) is 11.7 Å². The van der Waals surface area contributed by atoms with Crippen LogP contribution in [0.1, 0.15) is 11.7 Å². The second-order valence-corrected chi connectivity index (χ2v) is 2.75. The maximum Gasteiger partial charge on any atom is 0.223 e. The summed E-state index contributed by atoms with van der Waals surface area (Å²) in [5, 5.41) is 17.7. The highest BCUT2D eigenvalue weighted by molar-refractivity contribution is 5.81. The Kier molecular flexibility index (Phi) is 3.86. The highest BCUT2D eigenvalue weighted by Crippen LogP contribution is 1.94. The van der Waals surface area contributed by atoms with Crippen LogP contribution >= 0.6 is 0 Å². The van der Waals surface area contributed by atoms with Gasteiger partial charge in [0.1, 0.15) is 0 Å². The van der Waals surface area contributed by atoms with Crippen molar-refractivity contribution in [3.63, 3.8) is 0 Å². The van der Waals surface area contributed by atoms with E-state index in [9.17, 15) is 0 Å². The Hall–Kier alpha value is -1.63. The van der Waals surface area contributed by atoms with Crippen molar-refractivity contribution in [2.24, 2.45) is 10.9 Å². The summed E-state index contributed by atoms with van der Waals surface area (Å²) in [6, 6.07) is 0. The number of hydrogen-bond acceptors (Lipinski definition) is 6. The second kappa shape index (κ2) is 5.18. The van der Waals surface area contributed by atoms with E-state index < -0.39 is 0 Å². The van der Waals surface area contributed by atoms with Crippen molar-refractivity contribution in [3.05, 3.63) is 11.7 Å². The number of aryl methyl sites for hydroxylation is 1. The van der Waals surface area contributed by atoms with Crippen LogP contribution in [0, 0.1) is 6.92 Å². The summed E-state index contributed by atoms with van der Waals surface area (Å²) in [4.78, 5) is 4.02. The van der Waals surface area contributed by atoms with Crippen LogP contribution < -0.4 is 11.1 Å².